The molecule has 4 rings (SSSR count). The number of fused-ring (bicyclic) bond motifs is 1. The summed E-state index contributed by atoms with van der Waals surface area (Å²) >= 11 is 2.95. The molecule has 2 aromatic heterocycles. The Morgan fingerprint density at radius 1 is 1.38 bits per heavy atom. The molecule has 0 aromatic carbocycles. The van der Waals surface area contributed by atoms with Gasteiger partial charge < -0.3 is 20.6 Å². The Morgan fingerprint density at radius 3 is 2.75 bits per heavy atom. The molecule has 2 amide bonds. The molecule has 0 unspecified atom stereocenters. The van der Waals surface area contributed by atoms with Gasteiger partial charge in [0.25, 0.3) is 17.7 Å². The van der Waals surface area contributed by atoms with Crippen LogP contribution in [0.3, 0.4) is 0 Å². The van der Waals surface area contributed by atoms with E-state index < -0.39 is 39.4 Å². The number of thioether (sulfide) groups is 2. The topological polar surface area (TPSA) is 181 Å². The zero-order chi connectivity index (χ0) is 31.0. The van der Waals surface area contributed by atoms with Crippen molar-refractivity contribution in [2.45, 2.75) is 49.8 Å². The lowest BCUT2D eigenvalue weighted by Gasteiger charge is -2.63. The van der Waals surface area contributed by atoms with E-state index in [0.717, 1.165) is 16.4 Å². The zero-order valence-electron chi connectivity index (χ0n) is 24.2. The summed E-state index contributed by atoms with van der Waals surface area (Å²) in [6, 6.07) is 0. The highest BCUT2D eigenvalue weighted by Gasteiger charge is 2.70. The molecule has 0 saturated carbocycles. The molecular formula is C23H28N8O6S3. The van der Waals surface area contributed by atoms with E-state index in [-0.39, 0.29) is 46.7 Å². The van der Waals surface area contributed by atoms with E-state index in [1.165, 1.54) is 23.2 Å². The summed E-state index contributed by atoms with van der Waals surface area (Å²) in [7, 11) is 1.68. The molecule has 0 spiro atoms. The highest BCUT2D eigenvalue weighted by molar-refractivity contribution is 8.01. The van der Waals surface area contributed by atoms with Crippen LogP contribution in [0, 0.1) is 0 Å². The van der Waals surface area contributed by atoms with Gasteiger partial charge in [-0.25, -0.2) is 9.67 Å². The molecule has 17 heteroatoms. The zero-order valence-corrected chi connectivity index (χ0v) is 24.6. The number of aromatic hydroxyl groups is 1. The van der Waals surface area contributed by atoms with Gasteiger partial charge in [0, 0.05) is 33.2 Å². The first-order valence-electron chi connectivity index (χ1n) is 13.0. The van der Waals surface area contributed by atoms with Crippen LogP contribution in [0.15, 0.2) is 31.8 Å². The number of carbonyl (C=O) groups is 3. The summed E-state index contributed by atoms with van der Waals surface area (Å²) in [4.78, 5) is 64.5. The fraction of sp³-hybridized carbons (Fsp3) is 0.478. The fourth-order valence-electron chi connectivity index (χ4n) is 4.03. The minimum atomic E-state index is -2.30. The van der Waals surface area contributed by atoms with Crippen LogP contribution in [0.1, 0.15) is 36.1 Å². The molecule has 0 aliphatic carbocycles. The maximum atomic E-state index is 13.7. The summed E-state index contributed by atoms with van der Waals surface area (Å²) in [5, 5.41) is 24.9. The number of hydrogen-bond acceptors (Lipinski definition) is 14. The molecule has 3 N–H and O–H groups in total. The van der Waals surface area contributed by atoms with Gasteiger partial charge in [0.2, 0.25) is 0 Å². The van der Waals surface area contributed by atoms with Crippen molar-refractivity contribution in [3.8, 4) is 5.88 Å². The van der Waals surface area contributed by atoms with Gasteiger partial charge in [0.05, 0.1) is 5.70 Å². The minimum Gasteiger partial charge on any atom is -0.488 e. The highest BCUT2D eigenvalue weighted by Crippen LogP contribution is 2.54. The van der Waals surface area contributed by atoms with Crippen LogP contribution >= 0.6 is 34.9 Å². The molecule has 14 nitrogen and oxygen atoms in total. The van der Waals surface area contributed by atoms with Gasteiger partial charge in [-0.05, 0) is 33.3 Å². The normalized spacial score (nSPS) is 23.6. The molecule has 1 saturated heterocycles. The van der Waals surface area contributed by atoms with Crippen molar-refractivity contribution in [3.63, 3.8) is 0 Å². The molecule has 1 fully saturated rings. The number of allylic oxidation sites excluding steroid dienone is 1. The van der Waals surface area contributed by atoms with Crippen LogP contribution in [0.5, 0.6) is 5.88 Å². The van der Waals surface area contributed by atoms with E-state index in [2.05, 4.69) is 30.9 Å². The van der Waals surface area contributed by atoms with Gasteiger partial charge in [-0.1, -0.05) is 16.9 Å². The molecule has 2 aliphatic rings. The van der Waals surface area contributed by atoms with Crippen LogP contribution in [0.4, 0.5) is 5.13 Å². The van der Waals surface area contributed by atoms with E-state index in [1.807, 2.05) is 0 Å². The van der Waals surface area contributed by atoms with Crippen molar-refractivity contribution >= 4 is 63.8 Å². The number of anilines is 1. The standard InChI is InChI=1S/C23H28N8O6S3/c1-6-30-21(26-17(34)18(35)28-30)39-9-12-10-40-23(4)22(3,19(36)31(23)14(12)8-32)27-16(33)15(29-37-7-2)13-11-38-20(24-5)25-13/h8,11H,6-7,9-10H2,1-5H3,(H,24,25)(H,27,33)(H,28,35)/b29-15-/t22-,23-/m1/s1/i9D2. The van der Waals surface area contributed by atoms with Crippen LogP contribution in [-0.4, -0.2) is 89.1 Å². The maximum absolute atomic E-state index is 13.7. The first kappa shape index (κ1) is 26.8. The van der Waals surface area contributed by atoms with E-state index in [1.54, 1.807) is 33.2 Å². The number of hydrogen-bond donors (Lipinski definition) is 3. The smallest absolute Gasteiger partial charge is 0.336 e. The summed E-state index contributed by atoms with van der Waals surface area (Å²) in [6.07, 6.45) is 0.400. The number of nitrogens with zero attached hydrogens (tertiary/aromatic N) is 6. The molecule has 2 atom stereocenters. The third kappa shape index (κ3) is 4.96. The Balaban J connectivity index is 1.65. The number of aromatic nitrogens is 4. The van der Waals surface area contributed by atoms with E-state index in [4.69, 9.17) is 7.58 Å². The number of amides is 2. The second kappa shape index (κ2) is 11.6. The molecule has 2 aromatic rings. The van der Waals surface area contributed by atoms with Gasteiger partial charge in [-0.2, -0.15) is 4.98 Å². The molecule has 4 heterocycles. The largest absolute Gasteiger partial charge is 0.488 e. The fourth-order valence-corrected chi connectivity index (χ4v) is 6.96. The Hall–Kier alpha value is -3.44. The molecule has 214 valence electrons. The predicted molar refractivity (Wildman–Crippen MR) is 152 cm³/mol. The van der Waals surface area contributed by atoms with Crippen molar-refractivity contribution < 1.29 is 27.1 Å². The van der Waals surface area contributed by atoms with Gasteiger partial charge in [0.15, 0.2) is 22.3 Å². The van der Waals surface area contributed by atoms with Crippen LogP contribution in [0.25, 0.3) is 0 Å². The van der Waals surface area contributed by atoms with Gasteiger partial charge in [-0.15, -0.1) is 28.2 Å². The second-order valence-electron chi connectivity index (χ2n) is 8.66. The lowest BCUT2D eigenvalue weighted by Crippen LogP contribution is -2.84. The number of oxime groups is 1. The molecular weight excluding hydrogens is 581 g/mol. The quantitative estimate of drug-likeness (QED) is 0.108. The number of thiazole rings is 1. The van der Waals surface area contributed by atoms with Crippen LogP contribution in [0.2, 0.25) is 0 Å². The third-order valence-electron chi connectivity index (χ3n) is 6.36. The Morgan fingerprint density at radius 2 is 2.12 bits per heavy atom. The number of rotatable bonds is 11. The van der Waals surface area contributed by atoms with Crippen LogP contribution in [-0.2, 0) is 25.8 Å². The van der Waals surface area contributed by atoms with Gasteiger partial charge >= 0.3 is 5.56 Å². The highest BCUT2D eigenvalue weighted by atomic mass is 32.2. The molecule has 2 aliphatic heterocycles. The number of β-lactam (4-membered cyclic amide) rings is 1. The molecule has 0 bridgehead atoms. The van der Waals surface area contributed by atoms with E-state index >= 15 is 0 Å². The van der Waals surface area contributed by atoms with Crippen molar-refractivity contribution in [2.24, 2.45) is 5.16 Å². The number of carbonyl (C=O) groups excluding carboxylic acids is 3. The van der Waals surface area contributed by atoms with Crippen molar-refractivity contribution in [3.05, 3.63) is 32.7 Å². The van der Waals surface area contributed by atoms with Gasteiger partial charge in [0.1, 0.15) is 22.7 Å². The number of aryl methyl sites for hydroxylation is 1. The lowest BCUT2D eigenvalue weighted by atomic mass is 9.79. The number of nitrogens with one attached hydrogen (secondary N) is 2. The average Bonchev–Trinajstić information content (AvgIpc) is 3.43. The molecule has 0 radical (unpaired) electrons. The summed E-state index contributed by atoms with van der Waals surface area (Å²) < 4.78 is 18.7. The Bertz CT molecular complexity index is 1560. The summed E-state index contributed by atoms with van der Waals surface area (Å²) in [6.45, 7) is 6.94. The number of aldehydes is 1. The minimum absolute atomic E-state index is 0.0163. The monoisotopic (exact) mass is 610 g/mol. The van der Waals surface area contributed by atoms with Crippen molar-refractivity contribution in [1.29, 1.82) is 0 Å². The Kier molecular flexibility index (Phi) is 7.75. The first-order valence-corrected chi connectivity index (χ1v) is 14.7. The molecule has 40 heavy (non-hydrogen) atoms. The summed E-state index contributed by atoms with van der Waals surface area (Å²) in [5.41, 5.74) is -4.93. The van der Waals surface area contributed by atoms with Crippen LogP contribution < -0.4 is 16.2 Å². The van der Waals surface area contributed by atoms with E-state index in [9.17, 15) is 24.3 Å². The summed E-state index contributed by atoms with van der Waals surface area (Å²) in [5.74, 6) is -2.20. The van der Waals surface area contributed by atoms with E-state index in [0.29, 0.717) is 23.2 Å². The average molecular weight is 611 g/mol. The SMILES string of the molecule is [2H]C([2H])(Sc1nc(=O)c(O)nn1CC)C1=C(C=O)N2C(=O)[C@@](C)(NC(=O)/C(=N\OCC)c3csc(NC)n3)[C@@]2(C)SC1. The maximum Gasteiger partial charge on any atom is 0.336 e. The first-order chi connectivity index (χ1) is 19.8. The Labute approximate surface area is 244 Å². The second-order valence-corrected chi connectivity index (χ2v) is 11.7. The third-order valence-corrected chi connectivity index (χ3v) is 9.64. The predicted octanol–water partition coefficient (Wildman–Crippen LogP) is 1.03. The van der Waals surface area contributed by atoms with Gasteiger partial charge in [-0.3, -0.25) is 24.1 Å². The lowest BCUT2D eigenvalue weighted by molar-refractivity contribution is -0.162. The van der Waals surface area contributed by atoms with Crippen molar-refractivity contribution in [1.82, 2.24) is 30.0 Å². The van der Waals surface area contributed by atoms with Crippen molar-refractivity contribution in [2.75, 3.05) is 30.4 Å².